The molecule has 1 amide bonds. The molecule has 0 saturated carbocycles. The predicted octanol–water partition coefficient (Wildman–Crippen LogP) is 4.14. The number of primary amides is 1. The van der Waals surface area contributed by atoms with Gasteiger partial charge in [0.15, 0.2) is 0 Å². The van der Waals surface area contributed by atoms with Crippen LogP contribution in [0, 0.1) is 10.1 Å². The van der Waals surface area contributed by atoms with E-state index in [1.165, 1.54) is 13.0 Å². The van der Waals surface area contributed by atoms with Crippen LogP contribution in [0.5, 0.6) is 0 Å². The molecule has 3 N–H and O–H groups in total. The third-order valence-corrected chi connectivity index (χ3v) is 2.95. The number of benzene rings is 2. The molecule has 0 saturated heterocycles. The van der Waals surface area contributed by atoms with E-state index in [-0.39, 0.29) is 11.6 Å². The van der Waals surface area contributed by atoms with Crippen molar-refractivity contribution in [1.82, 2.24) is 0 Å². The molecule has 116 valence electrons. The number of amides is 1. The highest BCUT2D eigenvalue weighted by Crippen LogP contribution is 2.35. The summed E-state index contributed by atoms with van der Waals surface area (Å²) in [6, 6.07) is 11.3. The molecule has 0 atom stereocenters. The smallest absolute Gasteiger partial charge is 0.292 e. The van der Waals surface area contributed by atoms with Crippen LogP contribution in [0.4, 0.5) is 17.1 Å². The molecule has 8 heteroatoms. The van der Waals surface area contributed by atoms with E-state index in [1.54, 1.807) is 36.4 Å². The quantitative estimate of drug-likeness (QED) is 0.647. The van der Waals surface area contributed by atoms with E-state index >= 15 is 0 Å². The van der Waals surface area contributed by atoms with Crippen molar-refractivity contribution in [2.75, 3.05) is 5.32 Å². The maximum Gasteiger partial charge on any atom is 0.292 e. The van der Waals surface area contributed by atoms with Gasteiger partial charge in [0.05, 0.1) is 20.7 Å². The summed E-state index contributed by atoms with van der Waals surface area (Å²) in [6.45, 7) is 1.31. The molecule has 2 aromatic rings. The van der Waals surface area contributed by atoms with E-state index in [2.05, 4.69) is 11.1 Å². The molecule has 0 aliphatic rings. The van der Waals surface area contributed by atoms with E-state index in [9.17, 15) is 14.9 Å². The number of nitro benzene ring substituents is 1. The molecule has 0 heterocycles. The van der Waals surface area contributed by atoms with Gasteiger partial charge in [-0.3, -0.25) is 14.9 Å². The minimum atomic E-state index is -0.465. The number of halogens is 2. The lowest BCUT2D eigenvalue weighted by Crippen LogP contribution is -2.01. The second-order valence-electron chi connectivity index (χ2n) is 4.11. The molecular formula is C14H13Cl2N3O3. The lowest BCUT2D eigenvalue weighted by molar-refractivity contribution is -0.383. The number of nitrogens with one attached hydrogen (secondary N) is 1. The molecule has 0 aliphatic carbocycles. The predicted molar refractivity (Wildman–Crippen MR) is 87.7 cm³/mol. The number of hydrogen-bond donors (Lipinski definition) is 2. The van der Waals surface area contributed by atoms with E-state index in [0.717, 1.165) is 0 Å². The number of nitrogens with zero attached hydrogens (tertiary/aromatic N) is 1. The molecule has 2 aromatic carbocycles. The lowest BCUT2D eigenvalue weighted by Gasteiger charge is -2.10. The first-order chi connectivity index (χ1) is 10.3. The Morgan fingerprint density at radius 1 is 1.14 bits per heavy atom. The van der Waals surface area contributed by atoms with Crippen LogP contribution in [0.2, 0.25) is 10.0 Å². The Labute approximate surface area is 137 Å². The topological polar surface area (TPSA) is 98.3 Å². The Morgan fingerprint density at radius 2 is 1.64 bits per heavy atom. The summed E-state index contributed by atoms with van der Waals surface area (Å²) in [4.78, 5) is 19.6. The molecule has 0 bridgehead atoms. The maximum absolute atomic E-state index is 10.9. The zero-order valence-electron chi connectivity index (χ0n) is 11.5. The van der Waals surface area contributed by atoms with Crippen molar-refractivity contribution < 1.29 is 9.72 Å². The Hall–Kier alpha value is -2.31. The summed E-state index contributed by atoms with van der Waals surface area (Å²) in [5.41, 5.74) is 5.24. The number of anilines is 2. The fraction of sp³-hybridized carbons (Fsp3) is 0.0714. The highest BCUT2D eigenvalue weighted by Gasteiger charge is 2.14. The molecule has 0 unspecified atom stereocenters. The molecule has 0 radical (unpaired) electrons. The summed E-state index contributed by atoms with van der Waals surface area (Å²) in [6.07, 6.45) is 0. The Morgan fingerprint density at radius 3 is 2.14 bits per heavy atom. The van der Waals surface area contributed by atoms with Gasteiger partial charge in [-0.05, 0) is 18.2 Å². The summed E-state index contributed by atoms with van der Waals surface area (Å²) >= 11 is 12.0. The van der Waals surface area contributed by atoms with Crippen molar-refractivity contribution in [2.24, 2.45) is 5.73 Å². The summed E-state index contributed by atoms with van der Waals surface area (Å²) in [7, 11) is 0. The summed E-state index contributed by atoms with van der Waals surface area (Å²) in [5, 5.41) is 14.6. The number of carbonyl (C=O) groups excluding carboxylic acids is 1. The average Bonchev–Trinajstić information content (AvgIpc) is 2.43. The summed E-state index contributed by atoms with van der Waals surface area (Å²) < 4.78 is 0. The molecule has 0 spiro atoms. The first-order valence-corrected chi connectivity index (χ1v) is 6.79. The standard InChI is InChI=1S/C12H8Cl2N2O2.C2H5NO/c13-8-4-3-5-9(14)12(8)15-10-6-1-2-7-11(10)16(17)18;1-2(3)4/h1-7,15H;1H3,(H2,3,4). The van der Waals surface area contributed by atoms with Gasteiger partial charge in [0, 0.05) is 13.0 Å². The zero-order valence-corrected chi connectivity index (χ0v) is 13.1. The second kappa shape index (κ2) is 8.21. The van der Waals surface area contributed by atoms with Crippen LogP contribution in [0.15, 0.2) is 42.5 Å². The van der Waals surface area contributed by atoms with Crippen molar-refractivity contribution in [3.63, 3.8) is 0 Å². The van der Waals surface area contributed by atoms with Crippen LogP contribution in [0.3, 0.4) is 0 Å². The van der Waals surface area contributed by atoms with Gasteiger partial charge >= 0.3 is 0 Å². The minimum absolute atomic E-state index is 0.0338. The first-order valence-electron chi connectivity index (χ1n) is 6.03. The average molecular weight is 342 g/mol. The summed E-state index contributed by atoms with van der Waals surface area (Å²) in [5.74, 6) is -0.333. The minimum Gasteiger partial charge on any atom is -0.370 e. The zero-order chi connectivity index (χ0) is 16.7. The Kier molecular flexibility index (Phi) is 6.62. The highest BCUT2D eigenvalue weighted by atomic mass is 35.5. The third kappa shape index (κ3) is 5.23. The van der Waals surface area contributed by atoms with E-state index in [1.807, 2.05) is 0 Å². The normalized spacial score (nSPS) is 9.41. The van der Waals surface area contributed by atoms with Gasteiger partial charge in [-0.15, -0.1) is 0 Å². The SMILES string of the molecule is CC(N)=O.O=[N+]([O-])c1ccccc1Nc1c(Cl)cccc1Cl. The van der Waals surface area contributed by atoms with Crippen LogP contribution in [-0.2, 0) is 4.79 Å². The fourth-order valence-electron chi connectivity index (χ4n) is 1.49. The third-order valence-electron chi connectivity index (χ3n) is 2.32. The molecule has 0 fully saturated rings. The Balaban J connectivity index is 0.000000541. The second-order valence-corrected chi connectivity index (χ2v) is 4.92. The van der Waals surface area contributed by atoms with Crippen LogP contribution >= 0.6 is 23.2 Å². The number of nitro groups is 1. The van der Waals surface area contributed by atoms with Gasteiger partial charge in [-0.25, -0.2) is 0 Å². The molecule has 0 aromatic heterocycles. The van der Waals surface area contributed by atoms with Gasteiger partial charge in [0.2, 0.25) is 5.91 Å². The molecule has 22 heavy (non-hydrogen) atoms. The number of para-hydroxylation sites is 3. The van der Waals surface area contributed by atoms with E-state index in [4.69, 9.17) is 23.2 Å². The molecule has 0 aliphatic heterocycles. The maximum atomic E-state index is 10.9. The van der Waals surface area contributed by atoms with Crippen LogP contribution in [0.25, 0.3) is 0 Å². The van der Waals surface area contributed by atoms with E-state index in [0.29, 0.717) is 21.4 Å². The van der Waals surface area contributed by atoms with E-state index < -0.39 is 4.92 Å². The van der Waals surface area contributed by atoms with Gasteiger partial charge in [0.25, 0.3) is 5.69 Å². The van der Waals surface area contributed by atoms with Crippen LogP contribution < -0.4 is 11.1 Å². The lowest BCUT2D eigenvalue weighted by atomic mass is 10.2. The van der Waals surface area contributed by atoms with Gasteiger partial charge in [-0.1, -0.05) is 41.4 Å². The first kappa shape index (κ1) is 17.7. The van der Waals surface area contributed by atoms with Crippen molar-refractivity contribution in [2.45, 2.75) is 6.92 Å². The molecular weight excluding hydrogens is 329 g/mol. The largest absolute Gasteiger partial charge is 0.370 e. The number of hydrogen-bond acceptors (Lipinski definition) is 4. The van der Waals surface area contributed by atoms with Gasteiger partial charge in [0.1, 0.15) is 5.69 Å². The monoisotopic (exact) mass is 341 g/mol. The molecule has 2 rings (SSSR count). The fourth-order valence-corrected chi connectivity index (χ4v) is 1.98. The van der Waals surface area contributed by atoms with Crippen LogP contribution in [-0.4, -0.2) is 10.8 Å². The number of carbonyl (C=O) groups is 1. The van der Waals surface area contributed by atoms with Crippen molar-refractivity contribution in [3.05, 3.63) is 62.6 Å². The van der Waals surface area contributed by atoms with Crippen molar-refractivity contribution >= 4 is 46.2 Å². The highest BCUT2D eigenvalue weighted by molar-refractivity contribution is 6.39. The number of nitrogens with two attached hydrogens (primary N) is 1. The molecule has 6 nitrogen and oxygen atoms in total. The van der Waals surface area contributed by atoms with Crippen molar-refractivity contribution in [3.8, 4) is 0 Å². The Bertz CT molecular complexity index is 669. The van der Waals surface area contributed by atoms with Gasteiger partial charge in [-0.2, -0.15) is 0 Å². The van der Waals surface area contributed by atoms with Gasteiger partial charge < -0.3 is 11.1 Å². The van der Waals surface area contributed by atoms with Crippen LogP contribution in [0.1, 0.15) is 6.92 Å². The van der Waals surface area contributed by atoms with Crippen molar-refractivity contribution in [1.29, 1.82) is 0 Å². The number of rotatable bonds is 3.